The van der Waals surface area contributed by atoms with Crippen molar-refractivity contribution in [1.29, 1.82) is 0 Å². The molecule has 0 unspecified atom stereocenters. The van der Waals surface area contributed by atoms with Gasteiger partial charge in [-0.15, -0.1) is 10.2 Å². The topological polar surface area (TPSA) is 41.1 Å². The SMILES string of the molecule is Cc1c(Cl)nnc(NCCN(C)C2CC2)c1C. The summed E-state index contributed by atoms with van der Waals surface area (Å²) in [6.07, 6.45) is 2.69. The third kappa shape index (κ3) is 3.07. The molecule has 1 aromatic rings. The van der Waals surface area contributed by atoms with Gasteiger partial charge >= 0.3 is 0 Å². The quantitative estimate of drug-likeness (QED) is 0.875. The number of hydrogen-bond donors (Lipinski definition) is 1. The number of aromatic nitrogens is 2. The maximum Gasteiger partial charge on any atom is 0.155 e. The predicted molar refractivity (Wildman–Crippen MR) is 70.7 cm³/mol. The van der Waals surface area contributed by atoms with E-state index in [-0.39, 0.29) is 0 Å². The molecule has 0 bridgehead atoms. The summed E-state index contributed by atoms with van der Waals surface area (Å²) in [6.45, 7) is 5.91. The van der Waals surface area contributed by atoms with E-state index < -0.39 is 0 Å². The molecule has 0 aliphatic heterocycles. The van der Waals surface area contributed by atoms with Crippen LogP contribution in [0.5, 0.6) is 0 Å². The van der Waals surface area contributed by atoms with E-state index in [9.17, 15) is 0 Å². The van der Waals surface area contributed by atoms with Gasteiger partial charge in [-0.05, 0) is 44.9 Å². The van der Waals surface area contributed by atoms with Gasteiger partial charge in [-0.25, -0.2) is 0 Å². The van der Waals surface area contributed by atoms with Gasteiger partial charge in [0.15, 0.2) is 11.0 Å². The first kappa shape index (κ1) is 12.6. The summed E-state index contributed by atoms with van der Waals surface area (Å²) in [6, 6.07) is 0.802. The van der Waals surface area contributed by atoms with Gasteiger partial charge in [-0.3, -0.25) is 0 Å². The van der Waals surface area contributed by atoms with Crippen molar-refractivity contribution in [2.45, 2.75) is 32.7 Å². The molecule has 1 heterocycles. The Morgan fingerprint density at radius 1 is 1.29 bits per heavy atom. The van der Waals surface area contributed by atoms with Crippen molar-refractivity contribution in [3.05, 3.63) is 16.3 Å². The first-order valence-electron chi connectivity index (χ1n) is 6.03. The summed E-state index contributed by atoms with van der Waals surface area (Å²) in [5, 5.41) is 11.8. The summed E-state index contributed by atoms with van der Waals surface area (Å²) in [4.78, 5) is 2.39. The zero-order chi connectivity index (χ0) is 12.4. The number of nitrogens with zero attached hydrogens (tertiary/aromatic N) is 3. The Kier molecular flexibility index (Phi) is 3.84. The Hall–Kier alpha value is -0.870. The van der Waals surface area contributed by atoms with Gasteiger partial charge < -0.3 is 10.2 Å². The van der Waals surface area contributed by atoms with Crippen LogP contribution in [0.15, 0.2) is 0 Å². The van der Waals surface area contributed by atoms with Crippen LogP contribution in [0.3, 0.4) is 0 Å². The first-order valence-corrected chi connectivity index (χ1v) is 6.41. The number of anilines is 1. The monoisotopic (exact) mass is 254 g/mol. The summed E-state index contributed by atoms with van der Waals surface area (Å²) in [5.74, 6) is 0.844. The number of likely N-dealkylation sites (N-methyl/N-ethyl adjacent to an activating group) is 1. The van der Waals surface area contributed by atoms with E-state index in [0.717, 1.165) is 36.1 Å². The van der Waals surface area contributed by atoms with Crippen LogP contribution < -0.4 is 5.32 Å². The lowest BCUT2D eigenvalue weighted by molar-refractivity contribution is 0.337. The van der Waals surface area contributed by atoms with Gasteiger partial charge in [0, 0.05) is 19.1 Å². The molecule has 1 N–H and O–H groups in total. The Labute approximate surface area is 107 Å². The minimum absolute atomic E-state index is 0.489. The van der Waals surface area contributed by atoms with Crippen molar-refractivity contribution in [2.24, 2.45) is 0 Å². The van der Waals surface area contributed by atoms with E-state index in [1.54, 1.807) is 0 Å². The van der Waals surface area contributed by atoms with Crippen LogP contribution in [-0.2, 0) is 0 Å². The molecule has 5 heteroatoms. The molecule has 1 fully saturated rings. The lowest BCUT2D eigenvalue weighted by Crippen LogP contribution is -2.27. The van der Waals surface area contributed by atoms with Gasteiger partial charge in [0.2, 0.25) is 0 Å². The fraction of sp³-hybridized carbons (Fsp3) is 0.667. The molecule has 0 atom stereocenters. The normalized spacial score (nSPS) is 15.4. The molecular formula is C12H19ClN4. The van der Waals surface area contributed by atoms with Crippen molar-refractivity contribution in [3.63, 3.8) is 0 Å². The highest BCUT2D eigenvalue weighted by molar-refractivity contribution is 6.30. The lowest BCUT2D eigenvalue weighted by atomic mass is 10.2. The number of rotatable bonds is 5. The van der Waals surface area contributed by atoms with Crippen LogP contribution in [0.25, 0.3) is 0 Å². The highest BCUT2D eigenvalue weighted by Crippen LogP contribution is 2.25. The van der Waals surface area contributed by atoms with E-state index in [1.807, 2.05) is 13.8 Å². The summed E-state index contributed by atoms with van der Waals surface area (Å²) in [5.41, 5.74) is 2.08. The van der Waals surface area contributed by atoms with Gasteiger partial charge in [0.25, 0.3) is 0 Å². The summed E-state index contributed by atoms with van der Waals surface area (Å²) >= 11 is 5.91. The van der Waals surface area contributed by atoms with E-state index in [2.05, 4.69) is 27.5 Å². The van der Waals surface area contributed by atoms with Crippen molar-refractivity contribution in [2.75, 3.05) is 25.5 Å². The third-order valence-corrected chi connectivity index (χ3v) is 3.75. The Morgan fingerprint density at radius 3 is 2.65 bits per heavy atom. The molecule has 1 saturated carbocycles. The maximum absolute atomic E-state index is 5.91. The smallest absolute Gasteiger partial charge is 0.155 e. The first-order chi connectivity index (χ1) is 8.09. The average Bonchev–Trinajstić information content (AvgIpc) is 3.13. The van der Waals surface area contributed by atoms with E-state index in [0.29, 0.717) is 5.15 Å². The Morgan fingerprint density at radius 2 is 2.00 bits per heavy atom. The van der Waals surface area contributed by atoms with Gasteiger partial charge in [0.05, 0.1) is 0 Å². The third-order valence-electron chi connectivity index (χ3n) is 3.39. The molecule has 17 heavy (non-hydrogen) atoms. The molecule has 0 radical (unpaired) electrons. The second-order valence-corrected chi connectivity index (χ2v) is 5.09. The molecule has 0 saturated heterocycles. The molecular weight excluding hydrogens is 236 g/mol. The van der Waals surface area contributed by atoms with Crippen LogP contribution in [0.4, 0.5) is 5.82 Å². The van der Waals surface area contributed by atoms with Crippen molar-refractivity contribution in [3.8, 4) is 0 Å². The molecule has 0 aromatic carbocycles. The van der Waals surface area contributed by atoms with Crippen LogP contribution in [-0.4, -0.2) is 41.3 Å². The van der Waals surface area contributed by atoms with Crippen molar-refractivity contribution < 1.29 is 0 Å². The van der Waals surface area contributed by atoms with Gasteiger partial charge in [0.1, 0.15) is 0 Å². The average molecular weight is 255 g/mol. The molecule has 94 valence electrons. The minimum Gasteiger partial charge on any atom is -0.367 e. The highest BCUT2D eigenvalue weighted by Gasteiger charge is 2.25. The van der Waals surface area contributed by atoms with E-state index in [1.165, 1.54) is 12.8 Å². The second-order valence-electron chi connectivity index (χ2n) is 4.73. The molecule has 0 amide bonds. The largest absolute Gasteiger partial charge is 0.367 e. The Balaban J connectivity index is 1.88. The molecule has 4 nitrogen and oxygen atoms in total. The van der Waals surface area contributed by atoms with E-state index in [4.69, 9.17) is 11.6 Å². The zero-order valence-corrected chi connectivity index (χ0v) is 11.4. The second kappa shape index (κ2) is 5.19. The van der Waals surface area contributed by atoms with Gasteiger partial charge in [-0.1, -0.05) is 11.6 Å². The molecule has 1 aromatic heterocycles. The zero-order valence-electron chi connectivity index (χ0n) is 10.6. The van der Waals surface area contributed by atoms with Crippen molar-refractivity contribution >= 4 is 17.4 Å². The molecule has 0 spiro atoms. The van der Waals surface area contributed by atoms with Crippen LogP contribution >= 0.6 is 11.6 Å². The van der Waals surface area contributed by atoms with Crippen LogP contribution in [0.2, 0.25) is 5.15 Å². The number of hydrogen-bond acceptors (Lipinski definition) is 4. The Bertz CT molecular complexity index is 404. The number of halogens is 1. The summed E-state index contributed by atoms with van der Waals surface area (Å²) < 4.78 is 0. The van der Waals surface area contributed by atoms with Crippen LogP contribution in [0, 0.1) is 13.8 Å². The fourth-order valence-corrected chi connectivity index (χ4v) is 1.97. The molecule has 1 aliphatic rings. The highest BCUT2D eigenvalue weighted by atomic mass is 35.5. The summed E-state index contributed by atoms with van der Waals surface area (Å²) in [7, 11) is 2.17. The molecule has 1 aliphatic carbocycles. The van der Waals surface area contributed by atoms with Gasteiger partial charge in [-0.2, -0.15) is 0 Å². The minimum atomic E-state index is 0.489. The van der Waals surface area contributed by atoms with E-state index >= 15 is 0 Å². The number of nitrogens with one attached hydrogen (secondary N) is 1. The fourth-order valence-electron chi connectivity index (χ4n) is 1.79. The lowest BCUT2D eigenvalue weighted by Gasteiger charge is -2.16. The van der Waals surface area contributed by atoms with Crippen LogP contribution in [0.1, 0.15) is 24.0 Å². The van der Waals surface area contributed by atoms with Crippen molar-refractivity contribution in [1.82, 2.24) is 15.1 Å². The molecule has 2 rings (SSSR count). The predicted octanol–water partition coefficient (Wildman–Crippen LogP) is 2.25. The standard InChI is InChI=1S/C12H19ClN4/c1-8-9(2)12(16-15-11(8)13)14-6-7-17(3)10-4-5-10/h10H,4-7H2,1-3H3,(H,14,16). The maximum atomic E-state index is 5.91.